The Kier molecular flexibility index (Phi) is 4.34. The molecule has 4 nitrogen and oxygen atoms in total. The normalized spacial score (nSPS) is 11.5. The lowest BCUT2D eigenvalue weighted by atomic mass is 10.0. The van der Waals surface area contributed by atoms with E-state index >= 15 is 0 Å². The molecule has 4 heteroatoms. The predicted molar refractivity (Wildman–Crippen MR) is 53.0 cm³/mol. The third kappa shape index (κ3) is 3.42. The van der Waals surface area contributed by atoms with Crippen LogP contribution in [-0.2, 0) is 19.1 Å². The maximum Gasteiger partial charge on any atom is 0.316 e. The number of benzene rings is 1. The molecule has 0 saturated heterocycles. The van der Waals surface area contributed by atoms with Crippen LogP contribution in [-0.4, -0.2) is 19.2 Å². The molecular formula is C11H12O4. The van der Waals surface area contributed by atoms with Gasteiger partial charge in [0.1, 0.15) is 0 Å². The zero-order valence-electron chi connectivity index (χ0n) is 8.38. The van der Waals surface area contributed by atoms with Crippen molar-refractivity contribution in [2.45, 2.75) is 12.8 Å². The minimum atomic E-state index is -0.414. The second kappa shape index (κ2) is 5.80. The van der Waals surface area contributed by atoms with Gasteiger partial charge in [0.15, 0.2) is 0 Å². The molecule has 0 aliphatic carbocycles. The standard InChI is InChI=1S/C11H12O4/c1-9(10-5-3-2-4-6-10)11(13)15-8-14-7-12/h2-7,9H,8H2,1H3. The fourth-order valence-corrected chi connectivity index (χ4v) is 1.12. The molecule has 80 valence electrons. The topological polar surface area (TPSA) is 52.6 Å². The number of hydrogen-bond acceptors (Lipinski definition) is 4. The van der Waals surface area contributed by atoms with E-state index in [0.29, 0.717) is 0 Å². The molecule has 1 unspecified atom stereocenters. The lowest BCUT2D eigenvalue weighted by Crippen LogP contribution is -2.14. The maximum atomic E-state index is 11.4. The first-order chi connectivity index (χ1) is 7.25. The Morgan fingerprint density at radius 2 is 2.07 bits per heavy atom. The average Bonchev–Trinajstić information content (AvgIpc) is 2.29. The summed E-state index contributed by atoms with van der Waals surface area (Å²) in [5, 5.41) is 0. The van der Waals surface area contributed by atoms with Gasteiger partial charge in [-0.3, -0.25) is 9.59 Å². The van der Waals surface area contributed by atoms with Crippen LogP contribution < -0.4 is 0 Å². The second-order valence-corrected chi connectivity index (χ2v) is 2.98. The van der Waals surface area contributed by atoms with Gasteiger partial charge in [-0.15, -0.1) is 0 Å². The van der Waals surface area contributed by atoms with E-state index in [-0.39, 0.29) is 19.2 Å². The molecule has 1 rings (SSSR count). The SMILES string of the molecule is CC(C(=O)OCOC=O)c1ccccc1. The molecule has 0 N–H and O–H groups in total. The molecule has 0 heterocycles. The van der Waals surface area contributed by atoms with Gasteiger partial charge < -0.3 is 9.47 Å². The van der Waals surface area contributed by atoms with E-state index in [9.17, 15) is 9.59 Å². The molecule has 15 heavy (non-hydrogen) atoms. The third-order valence-electron chi connectivity index (χ3n) is 1.99. The van der Waals surface area contributed by atoms with Gasteiger partial charge >= 0.3 is 5.97 Å². The van der Waals surface area contributed by atoms with Crippen molar-refractivity contribution in [1.29, 1.82) is 0 Å². The quantitative estimate of drug-likeness (QED) is 0.318. The van der Waals surface area contributed by atoms with Crippen LogP contribution in [0.4, 0.5) is 0 Å². The van der Waals surface area contributed by atoms with Crippen LogP contribution >= 0.6 is 0 Å². The molecule has 1 aromatic rings. The molecule has 0 radical (unpaired) electrons. The predicted octanol–water partition coefficient (Wildman–Crippen LogP) is 1.46. The largest absolute Gasteiger partial charge is 0.430 e. The van der Waals surface area contributed by atoms with Crippen molar-refractivity contribution in [2.75, 3.05) is 6.79 Å². The van der Waals surface area contributed by atoms with Crippen LogP contribution in [0.25, 0.3) is 0 Å². The maximum absolute atomic E-state index is 11.4. The molecule has 0 fully saturated rings. The molecule has 1 atom stereocenters. The Morgan fingerprint density at radius 3 is 2.67 bits per heavy atom. The van der Waals surface area contributed by atoms with Crippen molar-refractivity contribution in [2.24, 2.45) is 0 Å². The van der Waals surface area contributed by atoms with Gasteiger partial charge in [0.25, 0.3) is 6.47 Å². The highest BCUT2D eigenvalue weighted by atomic mass is 16.7. The van der Waals surface area contributed by atoms with E-state index in [0.717, 1.165) is 5.56 Å². The summed E-state index contributed by atoms with van der Waals surface area (Å²) in [6.45, 7) is 1.64. The van der Waals surface area contributed by atoms with Gasteiger partial charge in [0.2, 0.25) is 6.79 Å². The highest BCUT2D eigenvalue weighted by Gasteiger charge is 2.15. The van der Waals surface area contributed by atoms with Crippen LogP contribution in [0, 0.1) is 0 Å². The fourth-order valence-electron chi connectivity index (χ4n) is 1.12. The van der Waals surface area contributed by atoms with Crippen molar-refractivity contribution in [1.82, 2.24) is 0 Å². The number of ether oxygens (including phenoxy) is 2. The second-order valence-electron chi connectivity index (χ2n) is 2.98. The molecule has 0 amide bonds. The van der Waals surface area contributed by atoms with E-state index in [1.54, 1.807) is 6.92 Å². The molecule has 0 spiro atoms. The van der Waals surface area contributed by atoms with Gasteiger partial charge in [-0.05, 0) is 12.5 Å². The van der Waals surface area contributed by atoms with Gasteiger partial charge in [-0.1, -0.05) is 30.3 Å². The van der Waals surface area contributed by atoms with Gasteiger partial charge in [-0.2, -0.15) is 0 Å². The number of carbonyl (C=O) groups is 2. The Morgan fingerprint density at radius 1 is 1.40 bits per heavy atom. The summed E-state index contributed by atoms with van der Waals surface area (Å²) in [7, 11) is 0. The molecule has 0 aliphatic heterocycles. The molecule has 0 aromatic heterocycles. The summed E-state index contributed by atoms with van der Waals surface area (Å²) < 4.78 is 8.97. The molecule has 0 aliphatic rings. The first kappa shape index (κ1) is 11.2. The molecule has 0 bridgehead atoms. The van der Waals surface area contributed by atoms with Gasteiger partial charge in [-0.25, -0.2) is 0 Å². The Hall–Kier alpha value is -1.84. The highest BCUT2D eigenvalue weighted by molar-refractivity contribution is 5.77. The first-order valence-corrected chi connectivity index (χ1v) is 4.52. The zero-order valence-corrected chi connectivity index (χ0v) is 8.38. The highest BCUT2D eigenvalue weighted by Crippen LogP contribution is 2.15. The van der Waals surface area contributed by atoms with Crippen molar-refractivity contribution in [3.8, 4) is 0 Å². The summed E-state index contributed by atoms with van der Waals surface area (Å²) in [4.78, 5) is 21.2. The smallest absolute Gasteiger partial charge is 0.316 e. The van der Waals surface area contributed by atoms with E-state index in [1.165, 1.54) is 0 Å². The molecule has 0 saturated carbocycles. The van der Waals surface area contributed by atoms with Crippen LogP contribution in [0.2, 0.25) is 0 Å². The first-order valence-electron chi connectivity index (χ1n) is 4.52. The summed E-state index contributed by atoms with van der Waals surface area (Å²) in [5.41, 5.74) is 0.869. The number of rotatable bonds is 5. The fraction of sp³-hybridized carbons (Fsp3) is 0.273. The van der Waals surface area contributed by atoms with Crippen LogP contribution in [0.3, 0.4) is 0 Å². The van der Waals surface area contributed by atoms with Crippen molar-refractivity contribution < 1.29 is 19.1 Å². The monoisotopic (exact) mass is 208 g/mol. The van der Waals surface area contributed by atoms with E-state index in [1.807, 2.05) is 30.3 Å². The Balaban J connectivity index is 2.50. The third-order valence-corrected chi connectivity index (χ3v) is 1.99. The van der Waals surface area contributed by atoms with E-state index < -0.39 is 5.97 Å². The van der Waals surface area contributed by atoms with E-state index in [4.69, 9.17) is 4.74 Å². The van der Waals surface area contributed by atoms with Crippen LogP contribution in [0.1, 0.15) is 18.4 Å². The van der Waals surface area contributed by atoms with Gasteiger partial charge in [0.05, 0.1) is 5.92 Å². The number of carbonyl (C=O) groups excluding carboxylic acids is 2. The number of hydrogen-bond donors (Lipinski definition) is 0. The minimum absolute atomic E-state index is 0.237. The van der Waals surface area contributed by atoms with Crippen LogP contribution in [0.5, 0.6) is 0 Å². The molecule has 1 aromatic carbocycles. The summed E-state index contributed by atoms with van der Waals surface area (Å²) in [6, 6.07) is 9.25. The minimum Gasteiger partial charge on any atom is -0.430 e. The summed E-state index contributed by atoms with van der Waals surface area (Å²) >= 11 is 0. The lowest BCUT2D eigenvalue weighted by molar-refractivity contribution is -0.161. The van der Waals surface area contributed by atoms with Crippen molar-refractivity contribution in [3.63, 3.8) is 0 Å². The van der Waals surface area contributed by atoms with Crippen molar-refractivity contribution in [3.05, 3.63) is 35.9 Å². The average molecular weight is 208 g/mol. The summed E-state index contributed by atoms with van der Waals surface area (Å²) in [5.74, 6) is -0.774. The van der Waals surface area contributed by atoms with Gasteiger partial charge in [0, 0.05) is 0 Å². The summed E-state index contributed by atoms with van der Waals surface area (Å²) in [6.07, 6.45) is 0. The van der Waals surface area contributed by atoms with Crippen molar-refractivity contribution >= 4 is 12.4 Å². The van der Waals surface area contributed by atoms with Crippen LogP contribution in [0.15, 0.2) is 30.3 Å². The zero-order chi connectivity index (χ0) is 11.1. The number of esters is 1. The Labute approximate surface area is 87.8 Å². The van der Waals surface area contributed by atoms with E-state index in [2.05, 4.69) is 4.74 Å². The molecular weight excluding hydrogens is 196 g/mol. The lowest BCUT2D eigenvalue weighted by Gasteiger charge is -2.10. The Bertz CT molecular complexity index is 321.